The zero-order valence-corrected chi connectivity index (χ0v) is 13.5. The summed E-state index contributed by atoms with van der Waals surface area (Å²) in [5, 5.41) is 20.3. The van der Waals surface area contributed by atoms with Crippen LogP contribution in [0.15, 0.2) is 18.2 Å². The number of hydrogen-bond donors (Lipinski definition) is 2. The Balaban J connectivity index is 1.76. The maximum Gasteiger partial charge on any atom is 0.115 e. The summed E-state index contributed by atoms with van der Waals surface area (Å²) in [5.41, 5.74) is 2.63. The summed E-state index contributed by atoms with van der Waals surface area (Å²) in [4.78, 5) is 0. The molecule has 2 fully saturated rings. The minimum atomic E-state index is -0.138. The van der Waals surface area contributed by atoms with Crippen molar-refractivity contribution in [3.05, 3.63) is 29.3 Å². The molecule has 3 aliphatic carbocycles. The minimum absolute atomic E-state index is 0.0726. The van der Waals surface area contributed by atoms with E-state index in [0.29, 0.717) is 23.5 Å². The third kappa shape index (κ3) is 1.88. The summed E-state index contributed by atoms with van der Waals surface area (Å²) in [7, 11) is 1.77. The lowest BCUT2D eigenvalue weighted by atomic mass is 9.55. The number of hydrogen-bond acceptors (Lipinski definition) is 3. The first-order valence-electron chi connectivity index (χ1n) is 8.58. The average Bonchev–Trinajstić information content (AvgIpc) is 2.82. The Hall–Kier alpha value is -1.06. The van der Waals surface area contributed by atoms with Gasteiger partial charge in [-0.25, -0.2) is 0 Å². The van der Waals surface area contributed by atoms with Gasteiger partial charge in [-0.15, -0.1) is 0 Å². The first-order valence-corrected chi connectivity index (χ1v) is 8.58. The van der Waals surface area contributed by atoms with E-state index >= 15 is 0 Å². The van der Waals surface area contributed by atoms with Crippen molar-refractivity contribution in [2.75, 3.05) is 7.11 Å². The Kier molecular flexibility index (Phi) is 3.28. The van der Waals surface area contributed by atoms with Gasteiger partial charge < -0.3 is 14.9 Å². The summed E-state index contributed by atoms with van der Waals surface area (Å²) in [6.07, 6.45) is 5.29. The van der Waals surface area contributed by atoms with Gasteiger partial charge in [-0.1, -0.05) is 13.0 Å². The zero-order chi connectivity index (χ0) is 15.5. The molecule has 2 N–H and O–H groups in total. The van der Waals surface area contributed by atoms with E-state index in [4.69, 9.17) is 4.74 Å². The van der Waals surface area contributed by atoms with E-state index in [0.717, 1.165) is 32.1 Å². The van der Waals surface area contributed by atoms with Gasteiger partial charge in [0.1, 0.15) is 5.75 Å². The van der Waals surface area contributed by atoms with Gasteiger partial charge >= 0.3 is 0 Å². The van der Waals surface area contributed by atoms with Crippen molar-refractivity contribution in [2.45, 2.75) is 57.2 Å². The van der Waals surface area contributed by atoms with Crippen molar-refractivity contribution in [2.24, 2.45) is 17.3 Å². The lowest BCUT2D eigenvalue weighted by Crippen LogP contribution is -2.44. The lowest BCUT2D eigenvalue weighted by molar-refractivity contribution is -0.0432. The normalized spacial score (nSPS) is 43.3. The van der Waals surface area contributed by atoms with Gasteiger partial charge in [0.15, 0.2) is 0 Å². The number of rotatable bonds is 1. The monoisotopic (exact) mass is 302 g/mol. The number of aliphatic hydroxyl groups excluding tert-OH is 1. The van der Waals surface area contributed by atoms with Crippen LogP contribution in [0, 0.1) is 17.3 Å². The van der Waals surface area contributed by atoms with Gasteiger partial charge in [0.2, 0.25) is 0 Å². The molecular formula is C19H26O3. The number of phenolic OH excluding ortho intramolecular Hbond substituents is 1. The second-order valence-electron chi connectivity index (χ2n) is 7.79. The Morgan fingerprint density at radius 2 is 2.00 bits per heavy atom. The molecule has 0 radical (unpaired) electrons. The van der Waals surface area contributed by atoms with Crippen molar-refractivity contribution in [3.63, 3.8) is 0 Å². The number of phenols is 1. The number of methoxy groups -OCH3 is 1. The second kappa shape index (κ2) is 4.97. The smallest absolute Gasteiger partial charge is 0.115 e. The second-order valence-corrected chi connectivity index (χ2v) is 7.79. The summed E-state index contributed by atoms with van der Waals surface area (Å²) in [5.74, 6) is 2.08. The van der Waals surface area contributed by atoms with E-state index in [1.165, 1.54) is 11.1 Å². The lowest BCUT2D eigenvalue weighted by Gasteiger charge is -2.51. The molecule has 0 amide bonds. The summed E-state index contributed by atoms with van der Waals surface area (Å²) >= 11 is 0. The zero-order valence-electron chi connectivity index (χ0n) is 13.5. The standard InChI is InChI=1S/C19H26O3/c1-19-8-7-13-12-4-3-11(20)9-15(12)17(22-2)10-14(13)16(19)5-6-18(19)21/h3-4,9,13-14,16-18,20-21H,5-8,10H2,1-2H3/t13-,14-,16+,17?,18?,19+/m1/s1. The average molecular weight is 302 g/mol. The molecule has 3 aliphatic rings. The van der Waals surface area contributed by atoms with E-state index in [-0.39, 0.29) is 17.6 Å². The van der Waals surface area contributed by atoms with Crippen molar-refractivity contribution in [3.8, 4) is 5.75 Å². The highest BCUT2D eigenvalue weighted by atomic mass is 16.5. The van der Waals surface area contributed by atoms with Crippen LogP contribution in [-0.4, -0.2) is 23.4 Å². The van der Waals surface area contributed by atoms with Crippen LogP contribution >= 0.6 is 0 Å². The largest absolute Gasteiger partial charge is 0.508 e. The van der Waals surface area contributed by atoms with Crippen molar-refractivity contribution >= 4 is 0 Å². The van der Waals surface area contributed by atoms with Gasteiger partial charge in [0.25, 0.3) is 0 Å². The molecule has 3 nitrogen and oxygen atoms in total. The minimum Gasteiger partial charge on any atom is -0.508 e. The molecule has 0 spiro atoms. The summed E-state index contributed by atoms with van der Waals surface area (Å²) < 4.78 is 5.76. The number of fused-ring (bicyclic) bond motifs is 5. The van der Waals surface area contributed by atoms with E-state index < -0.39 is 0 Å². The van der Waals surface area contributed by atoms with Crippen LogP contribution in [0.3, 0.4) is 0 Å². The highest BCUT2D eigenvalue weighted by molar-refractivity contribution is 5.41. The first kappa shape index (κ1) is 14.5. The van der Waals surface area contributed by atoms with Crippen molar-refractivity contribution in [1.29, 1.82) is 0 Å². The van der Waals surface area contributed by atoms with Gasteiger partial charge in [0.05, 0.1) is 12.2 Å². The van der Waals surface area contributed by atoms with Crippen LogP contribution < -0.4 is 0 Å². The van der Waals surface area contributed by atoms with Crippen LogP contribution in [0.25, 0.3) is 0 Å². The molecule has 1 aromatic carbocycles. The molecule has 0 bridgehead atoms. The molecule has 2 unspecified atom stereocenters. The maximum absolute atomic E-state index is 10.5. The molecule has 4 rings (SSSR count). The highest BCUT2D eigenvalue weighted by Gasteiger charge is 2.55. The van der Waals surface area contributed by atoms with Crippen LogP contribution in [0.4, 0.5) is 0 Å². The molecule has 2 saturated carbocycles. The Morgan fingerprint density at radius 1 is 1.18 bits per heavy atom. The van der Waals surface area contributed by atoms with E-state index in [1.807, 2.05) is 12.1 Å². The number of benzene rings is 1. The fourth-order valence-corrected chi connectivity index (χ4v) is 5.75. The molecule has 0 saturated heterocycles. The molecule has 0 aliphatic heterocycles. The Morgan fingerprint density at radius 3 is 2.77 bits per heavy atom. The molecule has 1 aromatic rings. The molecule has 6 atom stereocenters. The van der Waals surface area contributed by atoms with Gasteiger partial charge in [0, 0.05) is 7.11 Å². The van der Waals surface area contributed by atoms with Gasteiger partial charge in [-0.05, 0) is 78.5 Å². The van der Waals surface area contributed by atoms with Crippen LogP contribution in [0.5, 0.6) is 5.75 Å². The molecule has 22 heavy (non-hydrogen) atoms. The predicted octanol–water partition coefficient (Wildman–Crippen LogP) is 3.75. The predicted molar refractivity (Wildman–Crippen MR) is 84.8 cm³/mol. The Labute approximate surface area is 132 Å². The molecule has 0 aromatic heterocycles. The maximum atomic E-state index is 10.5. The van der Waals surface area contributed by atoms with Crippen molar-refractivity contribution in [1.82, 2.24) is 0 Å². The molecule has 3 heteroatoms. The SMILES string of the molecule is COC1C[C@@H]2[C@H](CC[C@]3(C)C(O)CC[C@@H]23)c2ccc(O)cc21. The molecule has 120 valence electrons. The number of ether oxygens (including phenoxy) is 1. The number of aromatic hydroxyl groups is 1. The van der Waals surface area contributed by atoms with Gasteiger partial charge in [-0.3, -0.25) is 0 Å². The molecule has 0 heterocycles. The van der Waals surface area contributed by atoms with E-state index in [2.05, 4.69) is 13.0 Å². The van der Waals surface area contributed by atoms with Gasteiger partial charge in [-0.2, -0.15) is 0 Å². The fraction of sp³-hybridized carbons (Fsp3) is 0.684. The highest BCUT2D eigenvalue weighted by Crippen LogP contribution is 2.62. The van der Waals surface area contributed by atoms with Crippen LogP contribution in [0.1, 0.15) is 62.2 Å². The van der Waals surface area contributed by atoms with Crippen molar-refractivity contribution < 1.29 is 14.9 Å². The van der Waals surface area contributed by atoms with Crippen LogP contribution in [-0.2, 0) is 4.74 Å². The quantitative estimate of drug-likeness (QED) is 0.830. The summed E-state index contributed by atoms with van der Waals surface area (Å²) in [6, 6.07) is 5.80. The van der Waals surface area contributed by atoms with E-state index in [9.17, 15) is 10.2 Å². The van der Waals surface area contributed by atoms with Crippen LogP contribution in [0.2, 0.25) is 0 Å². The fourth-order valence-electron chi connectivity index (χ4n) is 5.75. The number of aliphatic hydroxyl groups is 1. The third-order valence-electron chi connectivity index (χ3n) is 6.97. The summed E-state index contributed by atoms with van der Waals surface area (Å²) in [6.45, 7) is 2.29. The topological polar surface area (TPSA) is 49.7 Å². The first-order chi connectivity index (χ1) is 10.5. The Bertz CT molecular complexity index is 584. The third-order valence-corrected chi connectivity index (χ3v) is 6.97. The van der Waals surface area contributed by atoms with E-state index in [1.54, 1.807) is 7.11 Å². The molecular weight excluding hydrogens is 276 g/mol.